The van der Waals surface area contributed by atoms with Crippen molar-refractivity contribution in [1.82, 2.24) is 9.78 Å². The third-order valence-electron chi connectivity index (χ3n) is 5.63. The summed E-state index contributed by atoms with van der Waals surface area (Å²) in [5, 5.41) is 3.25. The molecule has 1 aromatic heterocycles. The van der Waals surface area contributed by atoms with E-state index in [1.807, 2.05) is 0 Å². The lowest BCUT2D eigenvalue weighted by molar-refractivity contribution is -0.137. The molecule has 1 heterocycles. The molecule has 2 aliphatic carbocycles. The Bertz CT molecular complexity index is 608. The highest BCUT2D eigenvalue weighted by atomic mass is 16.1. The molecule has 4 heteroatoms. The van der Waals surface area contributed by atoms with Crippen LogP contribution >= 0.6 is 0 Å². The zero-order valence-corrected chi connectivity index (χ0v) is 12.2. The van der Waals surface area contributed by atoms with Crippen molar-refractivity contribution in [3.8, 4) is 0 Å². The number of rotatable bonds is 0. The molecular weight excluding hydrogens is 240 g/mol. The first-order valence-corrected chi connectivity index (χ1v) is 7.10. The van der Waals surface area contributed by atoms with Crippen LogP contribution in [0.15, 0.2) is 4.79 Å². The molecule has 0 amide bonds. The van der Waals surface area contributed by atoms with E-state index in [2.05, 4.69) is 25.9 Å². The van der Waals surface area contributed by atoms with Crippen LogP contribution in [-0.4, -0.2) is 15.6 Å². The molecule has 1 saturated carbocycles. The van der Waals surface area contributed by atoms with Crippen LogP contribution in [0.5, 0.6) is 0 Å². The molecular formula is C15H22N2O2. The van der Waals surface area contributed by atoms with Gasteiger partial charge >= 0.3 is 0 Å². The highest BCUT2D eigenvalue weighted by Crippen LogP contribution is 2.54. The zero-order chi connectivity index (χ0) is 14.0. The molecule has 4 nitrogen and oxygen atoms in total. The summed E-state index contributed by atoms with van der Waals surface area (Å²) in [5.41, 5.74) is 1.77. The van der Waals surface area contributed by atoms with Crippen molar-refractivity contribution in [2.45, 2.75) is 51.9 Å². The predicted molar refractivity (Wildman–Crippen MR) is 73.2 cm³/mol. The second-order valence-corrected chi connectivity index (χ2v) is 6.98. The lowest BCUT2D eigenvalue weighted by Gasteiger charge is -2.51. The molecule has 0 aromatic carbocycles. The molecule has 0 bridgehead atoms. The molecule has 3 rings (SSSR count). The second-order valence-electron chi connectivity index (χ2n) is 6.98. The lowest BCUT2D eigenvalue weighted by Crippen LogP contribution is -2.52. The van der Waals surface area contributed by atoms with Gasteiger partial charge in [-0.25, -0.2) is 0 Å². The Balaban J connectivity index is 2.18. The fourth-order valence-corrected chi connectivity index (χ4v) is 4.43. The molecule has 0 aliphatic heterocycles. The van der Waals surface area contributed by atoms with Gasteiger partial charge in [0.15, 0.2) is 0 Å². The van der Waals surface area contributed by atoms with Crippen LogP contribution in [0.4, 0.5) is 0 Å². The summed E-state index contributed by atoms with van der Waals surface area (Å²) in [6.07, 6.45) is 3.21. The Labute approximate surface area is 113 Å². The third-order valence-corrected chi connectivity index (χ3v) is 5.63. The van der Waals surface area contributed by atoms with Crippen LogP contribution in [0.1, 0.15) is 51.3 Å². The van der Waals surface area contributed by atoms with E-state index in [1.165, 1.54) is 0 Å². The van der Waals surface area contributed by atoms with Gasteiger partial charge in [-0.15, -0.1) is 0 Å². The van der Waals surface area contributed by atoms with E-state index in [0.717, 1.165) is 30.5 Å². The topological polar surface area (TPSA) is 54.9 Å². The number of carbonyl (C=O) groups excluding carboxylic acids is 1. The van der Waals surface area contributed by atoms with E-state index < -0.39 is 0 Å². The van der Waals surface area contributed by atoms with E-state index in [4.69, 9.17) is 0 Å². The molecule has 2 atom stereocenters. The number of carbonyl (C=O) groups is 1. The summed E-state index contributed by atoms with van der Waals surface area (Å²) in [7, 11) is 1.78. The Morgan fingerprint density at radius 1 is 1.21 bits per heavy atom. The van der Waals surface area contributed by atoms with Crippen LogP contribution in [0, 0.1) is 11.3 Å². The molecule has 1 aromatic rings. The van der Waals surface area contributed by atoms with Gasteiger partial charge in [-0.2, -0.15) is 0 Å². The van der Waals surface area contributed by atoms with Crippen LogP contribution in [0.25, 0.3) is 0 Å². The molecule has 2 aliphatic rings. The number of H-pyrrole nitrogens is 1. The lowest BCUT2D eigenvalue weighted by atomic mass is 9.51. The van der Waals surface area contributed by atoms with Gasteiger partial charge in [-0.1, -0.05) is 20.8 Å². The number of aromatic nitrogens is 2. The first-order chi connectivity index (χ1) is 8.78. The van der Waals surface area contributed by atoms with E-state index in [-0.39, 0.29) is 16.4 Å². The molecule has 1 fully saturated rings. The number of Topliss-reactive ketones (excluding diaryl/α,β-unsaturated/α-hetero) is 1. The summed E-state index contributed by atoms with van der Waals surface area (Å²) >= 11 is 0. The number of aromatic amines is 1. The molecule has 0 unspecified atom stereocenters. The van der Waals surface area contributed by atoms with Crippen molar-refractivity contribution in [3.63, 3.8) is 0 Å². The van der Waals surface area contributed by atoms with Crippen LogP contribution in [0.2, 0.25) is 0 Å². The molecule has 0 spiro atoms. The van der Waals surface area contributed by atoms with E-state index in [0.29, 0.717) is 18.1 Å². The van der Waals surface area contributed by atoms with Crippen molar-refractivity contribution >= 4 is 5.78 Å². The summed E-state index contributed by atoms with van der Waals surface area (Å²) in [5.74, 6) is 0.698. The summed E-state index contributed by atoms with van der Waals surface area (Å²) in [6, 6.07) is 0. The van der Waals surface area contributed by atoms with Crippen molar-refractivity contribution < 1.29 is 4.79 Å². The predicted octanol–water partition coefficient (Wildman–Crippen LogP) is 1.92. The molecule has 0 radical (unpaired) electrons. The summed E-state index contributed by atoms with van der Waals surface area (Å²) < 4.78 is 1.59. The van der Waals surface area contributed by atoms with Gasteiger partial charge in [0.25, 0.3) is 5.56 Å². The van der Waals surface area contributed by atoms with Gasteiger partial charge in [-0.05, 0) is 25.2 Å². The van der Waals surface area contributed by atoms with Crippen molar-refractivity contribution in [1.29, 1.82) is 0 Å². The monoisotopic (exact) mass is 262 g/mol. The molecule has 104 valence electrons. The maximum atomic E-state index is 12.2. The third kappa shape index (κ3) is 1.46. The molecule has 19 heavy (non-hydrogen) atoms. The normalized spacial score (nSPS) is 32.8. The van der Waals surface area contributed by atoms with Gasteiger partial charge in [0.1, 0.15) is 5.78 Å². The smallest absolute Gasteiger partial charge is 0.269 e. The standard InChI is InChI=1S/C15H22N2O2/c1-14(2)10-6-5-9-12(16-17(4)13(9)19)15(10,3)8-7-11(14)18/h10,16H,5-8H2,1-4H3/t10-,15-/m0/s1. The van der Waals surface area contributed by atoms with Gasteiger partial charge in [-0.3, -0.25) is 19.4 Å². The average Bonchev–Trinajstić information content (AvgIpc) is 2.63. The number of aryl methyl sites for hydroxylation is 1. The number of nitrogens with zero attached hydrogens (tertiary/aromatic N) is 1. The number of nitrogens with one attached hydrogen (secondary N) is 1. The maximum Gasteiger partial charge on any atom is 0.269 e. The number of ketones is 1. The Kier molecular flexibility index (Phi) is 2.42. The number of hydrogen-bond donors (Lipinski definition) is 1. The minimum atomic E-state index is -0.280. The van der Waals surface area contributed by atoms with Gasteiger partial charge in [0.05, 0.1) is 0 Å². The van der Waals surface area contributed by atoms with E-state index in [1.54, 1.807) is 11.7 Å². The van der Waals surface area contributed by atoms with Gasteiger partial charge < -0.3 is 0 Å². The number of fused-ring (bicyclic) bond motifs is 3. The number of hydrogen-bond acceptors (Lipinski definition) is 2. The largest absolute Gasteiger partial charge is 0.299 e. The Hall–Kier alpha value is -1.32. The van der Waals surface area contributed by atoms with E-state index in [9.17, 15) is 9.59 Å². The second kappa shape index (κ2) is 3.62. The van der Waals surface area contributed by atoms with Crippen LogP contribution in [-0.2, 0) is 23.7 Å². The minimum Gasteiger partial charge on any atom is -0.299 e. The quantitative estimate of drug-likeness (QED) is 0.776. The van der Waals surface area contributed by atoms with Crippen molar-refractivity contribution in [3.05, 3.63) is 21.6 Å². The van der Waals surface area contributed by atoms with Crippen molar-refractivity contribution in [2.75, 3.05) is 0 Å². The molecule has 0 saturated heterocycles. The summed E-state index contributed by atoms with van der Waals surface area (Å²) in [6.45, 7) is 6.37. The van der Waals surface area contributed by atoms with Crippen molar-refractivity contribution in [2.24, 2.45) is 18.4 Å². The Morgan fingerprint density at radius 2 is 1.89 bits per heavy atom. The van der Waals surface area contributed by atoms with Crippen LogP contribution < -0.4 is 5.56 Å². The first-order valence-electron chi connectivity index (χ1n) is 7.10. The maximum absolute atomic E-state index is 12.2. The average molecular weight is 262 g/mol. The highest BCUT2D eigenvalue weighted by Gasteiger charge is 2.54. The van der Waals surface area contributed by atoms with E-state index >= 15 is 0 Å². The highest BCUT2D eigenvalue weighted by molar-refractivity contribution is 5.86. The Morgan fingerprint density at radius 3 is 2.58 bits per heavy atom. The van der Waals surface area contributed by atoms with Gasteiger partial charge in [0, 0.05) is 35.6 Å². The fraction of sp³-hybridized carbons (Fsp3) is 0.733. The van der Waals surface area contributed by atoms with Gasteiger partial charge in [0.2, 0.25) is 0 Å². The first kappa shape index (κ1) is 12.7. The minimum absolute atomic E-state index is 0.0641. The summed E-state index contributed by atoms with van der Waals surface area (Å²) in [4.78, 5) is 24.3. The fourth-order valence-electron chi connectivity index (χ4n) is 4.43. The SMILES string of the molecule is Cn1[nH]c2c(c1=O)CC[C@H]1C(C)(C)C(=O)CC[C@]21C. The zero-order valence-electron chi connectivity index (χ0n) is 12.2. The van der Waals surface area contributed by atoms with Crippen LogP contribution in [0.3, 0.4) is 0 Å². The molecule has 1 N–H and O–H groups in total.